The van der Waals surface area contributed by atoms with Gasteiger partial charge in [0.25, 0.3) is 6.08 Å². The van der Waals surface area contributed by atoms with Crippen LogP contribution in [0.3, 0.4) is 0 Å². The number of fused-ring (bicyclic) bond motifs is 1. The average Bonchev–Trinajstić information content (AvgIpc) is 2.64. The van der Waals surface area contributed by atoms with Gasteiger partial charge in [0.2, 0.25) is 0 Å². The summed E-state index contributed by atoms with van der Waals surface area (Å²) >= 11 is 0. The van der Waals surface area contributed by atoms with Gasteiger partial charge >= 0.3 is 0 Å². The molecule has 146 valence electrons. The minimum atomic E-state index is -2.11. The molecule has 0 radical (unpaired) electrons. The van der Waals surface area contributed by atoms with Gasteiger partial charge in [0.1, 0.15) is 11.6 Å². The largest absolute Gasteiger partial charge is 0.271 e. The van der Waals surface area contributed by atoms with Crippen LogP contribution in [-0.4, -0.2) is 0 Å². The zero-order chi connectivity index (χ0) is 19.4. The number of hydrogen-bond donors (Lipinski definition) is 0. The first-order chi connectivity index (χ1) is 13.0. The fourth-order valence-corrected chi connectivity index (χ4v) is 4.38. The van der Waals surface area contributed by atoms with Crippen molar-refractivity contribution in [2.75, 3.05) is 0 Å². The lowest BCUT2D eigenvalue weighted by atomic mass is 9.78. The van der Waals surface area contributed by atoms with Crippen LogP contribution in [0, 0.1) is 23.5 Å². The molecular formula is C23H26F4. The molecule has 0 aliphatic heterocycles. The van der Waals surface area contributed by atoms with Crippen molar-refractivity contribution in [2.24, 2.45) is 11.8 Å². The molecular weight excluding hydrogens is 352 g/mol. The Morgan fingerprint density at radius 3 is 2.30 bits per heavy atom. The highest BCUT2D eigenvalue weighted by molar-refractivity contribution is 5.86. The van der Waals surface area contributed by atoms with Gasteiger partial charge in [-0.25, -0.2) is 8.78 Å². The molecule has 1 fully saturated rings. The maximum Gasteiger partial charge on any atom is 0.271 e. The van der Waals surface area contributed by atoms with E-state index in [0.717, 1.165) is 36.3 Å². The summed E-state index contributed by atoms with van der Waals surface area (Å²) in [7, 11) is 0. The Balaban J connectivity index is 1.69. The molecule has 3 rings (SSSR count). The number of hydrogen-bond acceptors (Lipinski definition) is 0. The monoisotopic (exact) mass is 378 g/mol. The van der Waals surface area contributed by atoms with Crippen LogP contribution in [0.25, 0.3) is 16.8 Å². The third kappa shape index (κ3) is 4.91. The zero-order valence-electron chi connectivity index (χ0n) is 15.7. The molecule has 4 heteroatoms. The van der Waals surface area contributed by atoms with Gasteiger partial charge in [-0.3, -0.25) is 0 Å². The molecule has 0 spiro atoms. The molecule has 0 unspecified atom stereocenters. The number of halogens is 4. The fraction of sp³-hybridized carbons (Fsp3) is 0.478. The van der Waals surface area contributed by atoms with Crippen LogP contribution in [0.15, 0.2) is 30.3 Å². The Kier molecular flexibility index (Phi) is 6.56. The molecule has 1 aliphatic carbocycles. The van der Waals surface area contributed by atoms with Crippen LogP contribution in [0.1, 0.15) is 63.0 Å². The Bertz CT molecular complexity index is 813. The molecule has 1 saturated carbocycles. The van der Waals surface area contributed by atoms with E-state index in [9.17, 15) is 17.6 Å². The molecule has 0 atom stereocenters. The van der Waals surface area contributed by atoms with Crippen molar-refractivity contribution in [1.82, 2.24) is 0 Å². The van der Waals surface area contributed by atoms with E-state index in [-0.39, 0.29) is 11.5 Å². The van der Waals surface area contributed by atoms with E-state index < -0.39 is 23.3 Å². The molecule has 0 heterocycles. The minimum absolute atomic E-state index is 0.174. The van der Waals surface area contributed by atoms with E-state index in [1.807, 2.05) is 6.07 Å². The van der Waals surface area contributed by atoms with Gasteiger partial charge in [-0.2, -0.15) is 8.78 Å². The Labute approximate surface area is 158 Å². The highest BCUT2D eigenvalue weighted by Gasteiger charge is 2.20. The van der Waals surface area contributed by atoms with Gasteiger partial charge in [0.15, 0.2) is 0 Å². The summed E-state index contributed by atoms with van der Waals surface area (Å²) in [6.45, 7) is 2.24. The van der Waals surface area contributed by atoms with Gasteiger partial charge < -0.3 is 0 Å². The third-order valence-corrected chi connectivity index (χ3v) is 5.89. The molecule has 0 aromatic heterocycles. The summed E-state index contributed by atoms with van der Waals surface area (Å²) in [4.78, 5) is 0. The molecule has 0 saturated heterocycles. The summed E-state index contributed by atoms with van der Waals surface area (Å²) in [5.41, 5.74) is 0.357. The second-order valence-corrected chi connectivity index (χ2v) is 7.79. The van der Waals surface area contributed by atoms with E-state index in [1.165, 1.54) is 38.5 Å². The minimum Gasteiger partial charge on any atom is -0.206 e. The van der Waals surface area contributed by atoms with E-state index >= 15 is 0 Å². The van der Waals surface area contributed by atoms with E-state index in [0.29, 0.717) is 5.39 Å². The lowest BCUT2D eigenvalue weighted by Crippen LogP contribution is -2.15. The first kappa shape index (κ1) is 19.9. The maximum absolute atomic E-state index is 14.4. The van der Waals surface area contributed by atoms with Crippen LogP contribution in [0.4, 0.5) is 17.6 Å². The van der Waals surface area contributed by atoms with Crippen LogP contribution in [-0.2, 0) is 6.42 Å². The molecule has 0 amide bonds. The van der Waals surface area contributed by atoms with Crippen molar-refractivity contribution in [3.8, 4) is 0 Å². The van der Waals surface area contributed by atoms with E-state index in [4.69, 9.17) is 0 Å². The van der Waals surface area contributed by atoms with Crippen LogP contribution >= 0.6 is 0 Å². The fourth-order valence-electron chi connectivity index (χ4n) is 4.38. The van der Waals surface area contributed by atoms with Crippen molar-refractivity contribution in [3.05, 3.63) is 53.1 Å². The molecule has 2 aromatic rings. The van der Waals surface area contributed by atoms with Gasteiger partial charge in [0.05, 0.1) is 5.56 Å². The standard InChI is InChI=1S/C23H26F4/c1-2-3-15-4-6-16(7-5-15)8-9-17-10-11-19-18(12-17)13-21(24)20(23(19)27)14-22(25)26/h10-16H,2-9H2,1H3. The SMILES string of the molecule is CCCC1CCC(CCc2ccc3c(F)c(C=C(F)F)c(F)cc3c2)CC1. The first-order valence-corrected chi connectivity index (χ1v) is 9.91. The van der Waals surface area contributed by atoms with E-state index in [1.54, 1.807) is 12.1 Å². The molecule has 27 heavy (non-hydrogen) atoms. The van der Waals surface area contributed by atoms with Gasteiger partial charge in [-0.1, -0.05) is 63.6 Å². The quantitative estimate of drug-likeness (QED) is 0.448. The maximum atomic E-state index is 14.4. The second-order valence-electron chi connectivity index (χ2n) is 7.79. The second kappa shape index (κ2) is 8.90. The van der Waals surface area contributed by atoms with Crippen molar-refractivity contribution < 1.29 is 17.6 Å². The van der Waals surface area contributed by atoms with Crippen molar-refractivity contribution >= 4 is 16.8 Å². The highest BCUT2D eigenvalue weighted by Crippen LogP contribution is 2.34. The van der Waals surface area contributed by atoms with Gasteiger partial charge in [0, 0.05) is 11.5 Å². The van der Waals surface area contributed by atoms with Crippen LogP contribution in [0.5, 0.6) is 0 Å². The molecule has 0 N–H and O–H groups in total. The molecule has 2 aromatic carbocycles. The Morgan fingerprint density at radius 1 is 1.00 bits per heavy atom. The van der Waals surface area contributed by atoms with Crippen molar-refractivity contribution in [3.63, 3.8) is 0 Å². The average molecular weight is 378 g/mol. The third-order valence-electron chi connectivity index (χ3n) is 5.89. The summed E-state index contributed by atoms with van der Waals surface area (Å²) in [5.74, 6) is -0.282. The van der Waals surface area contributed by atoms with Crippen LogP contribution in [0.2, 0.25) is 0 Å². The van der Waals surface area contributed by atoms with Crippen molar-refractivity contribution in [2.45, 2.75) is 58.3 Å². The smallest absolute Gasteiger partial charge is 0.206 e. The predicted molar refractivity (Wildman–Crippen MR) is 103 cm³/mol. The summed E-state index contributed by atoms with van der Waals surface area (Å²) in [6, 6.07) is 6.33. The zero-order valence-corrected chi connectivity index (χ0v) is 15.7. The van der Waals surface area contributed by atoms with E-state index in [2.05, 4.69) is 6.92 Å². The number of rotatable bonds is 6. The Morgan fingerprint density at radius 2 is 1.67 bits per heavy atom. The molecule has 0 nitrogen and oxygen atoms in total. The lowest BCUT2D eigenvalue weighted by Gasteiger charge is -2.28. The van der Waals surface area contributed by atoms with Crippen molar-refractivity contribution in [1.29, 1.82) is 0 Å². The summed E-state index contributed by atoms with van der Waals surface area (Å²) < 4.78 is 53.2. The molecule has 1 aliphatic rings. The number of benzene rings is 2. The van der Waals surface area contributed by atoms with Gasteiger partial charge in [-0.05, 0) is 41.7 Å². The lowest BCUT2D eigenvalue weighted by molar-refractivity contribution is 0.252. The predicted octanol–water partition coefficient (Wildman–Crippen LogP) is 7.89. The summed E-state index contributed by atoms with van der Waals surface area (Å²) in [5, 5.41) is 0.596. The van der Waals surface area contributed by atoms with Crippen LogP contribution < -0.4 is 0 Å². The Hall–Kier alpha value is -1.84. The number of aryl methyl sites for hydroxylation is 1. The first-order valence-electron chi connectivity index (χ1n) is 9.91. The highest BCUT2D eigenvalue weighted by atomic mass is 19.3. The summed E-state index contributed by atoms with van der Waals surface area (Å²) in [6.07, 6.45) is 7.85. The molecule has 0 bridgehead atoms. The topological polar surface area (TPSA) is 0 Å². The normalized spacial score (nSPS) is 20.0. The van der Waals surface area contributed by atoms with Gasteiger partial charge in [-0.15, -0.1) is 0 Å².